The fraction of sp³-hybridized carbons (Fsp3) is 0.564. The third-order valence-corrected chi connectivity index (χ3v) is 11.7. The van der Waals surface area contributed by atoms with Crippen LogP contribution in [-0.2, 0) is 38.2 Å². The van der Waals surface area contributed by atoms with Gasteiger partial charge in [0.15, 0.2) is 29.5 Å². The number of hydrogen-bond donors (Lipinski definition) is 1. The van der Waals surface area contributed by atoms with E-state index in [0.717, 1.165) is 5.57 Å². The number of ether oxygens (including phenoxy) is 6. The monoisotopic (exact) mass is 769 g/mol. The predicted molar refractivity (Wildman–Crippen MR) is 191 cm³/mol. The van der Waals surface area contributed by atoms with Crippen molar-refractivity contribution in [1.82, 2.24) is 0 Å². The van der Waals surface area contributed by atoms with Crippen LogP contribution in [0.4, 0.5) is 9.59 Å². The third-order valence-electron chi connectivity index (χ3n) is 11.7. The van der Waals surface area contributed by atoms with Crippen molar-refractivity contribution in [3.63, 3.8) is 0 Å². The number of aliphatic hydroxyl groups is 1. The maximum absolute atomic E-state index is 14.2. The molecule has 0 spiro atoms. The maximum Gasteiger partial charge on any atom is 0.514 e. The number of Topliss-reactive ketones (excluding diaryl/α,β-unsaturated/α-hetero) is 1. The number of unbranched alkanes of at least 4 members (excludes halogenated alkanes) is 1. The van der Waals surface area contributed by atoms with E-state index in [2.05, 4.69) is 4.84 Å². The molecule has 298 valence electrons. The molecular weight excluding hydrogens is 722 g/mol. The summed E-state index contributed by atoms with van der Waals surface area (Å²) in [6, 6.07) is 4.42. The van der Waals surface area contributed by atoms with Crippen molar-refractivity contribution in [2.45, 2.75) is 77.4 Å². The Morgan fingerprint density at radius 2 is 1.80 bits per heavy atom. The number of allylic oxidation sites excluding steroid dienone is 4. The van der Waals surface area contributed by atoms with Gasteiger partial charge in [-0.3, -0.25) is 9.59 Å². The zero-order chi connectivity index (χ0) is 40.0. The Labute approximate surface area is 317 Å². The summed E-state index contributed by atoms with van der Waals surface area (Å²) in [5.74, 6) is -1.74. The van der Waals surface area contributed by atoms with E-state index < -0.39 is 58.3 Å². The SMILES string of the molecule is CCOC(=O)O[C@]1(C(=O)COC(=O)Oc2ccc(/C=C/C(=O)OCCCCO[N+](=O)[O-])cc2OC)CC[C@H]2[C@@H]3CCC4=CC(=O)C=C[C@]4(C)[C@H]3[C@@H](O)C[C@@]21C. The number of esters is 1. The van der Waals surface area contributed by atoms with Gasteiger partial charge < -0.3 is 38.4 Å². The fourth-order valence-electron chi connectivity index (χ4n) is 9.25. The molecule has 3 fully saturated rings. The Hall–Kier alpha value is -5.25. The molecule has 7 atom stereocenters. The molecule has 0 amide bonds. The molecule has 16 heteroatoms. The van der Waals surface area contributed by atoms with E-state index in [4.69, 9.17) is 28.4 Å². The highest BCUT2D eigenvalue weighted by Gasteiger charge is 2.70. The summed E-state index contributed by atoms with van der Waals surface area (Å²) in [6.45, 7) is 4.64. The van der Waals surface area contributed by atoms with Crippen LogP contribution in [0.25, 0.3) is 6.08 Å². The fourth-order valence-corrected chi connectivity index (χ4v) is 9.25. The van der Waals surface area contributed by atoms with Crippen molar-refractivity contribution in [3.05, 3.63) is 63.8 Å². The van der Waals surface area contributed by atoms with Gasteiger partial charge in [-0.15, -0.1) is 10.1 Å². The molecule has 5 rings (SSSR count). The number of hydrogen-bond acceptors (Lipinski definition) is 15. The van der Waals surface area contributed by atoms with Crippen LogP contribution in [0.1, 0.15) is 71.3 Å². The largest absolute Gasteiger partial charge is 0.514 e. The number of ketones is 2. The van der Waals surface area contributed by atoms with E-state index in [0.29, 0.717) is 37.7 Å². The van der Waals surface area contributed by atoms with Crippen LogP contribution >= 0.6 is 0 Å². The summed E-state index contributed by atoms with van der Waals surface area (Å²) in [6.07, 6.45) is 7.35. The van der Waals surface area contributed by atoms with Crippen molar-refractivity contribution in [3.8, 4) is 11.5 Å². The lowest BCUT2D eigenvalue weighted by molar-refractivity contribution is -0.757. The Bertz CT molecular complexity index is 1770. The molecule has 0 unspecified atom stereocenters. The molecule has 16 nitrogen and oxygen atoms in total. The first-order chi connectivity index (χ1) is 26.2. The summed E-state index contributed by atoms with van der Waals surface area (Å²) < 4.78 is 32.1. The summed E-state index contributed by atoms with van der Waals surface area (Å²) in [5.41, 5.74) is -1.87. The average Bonchev–Trinajstić information content (AvgIpc) is 3.43. The van der Waals surface area contributed by atoms with Crippen LogP contribution in [-0.4, -0.2) is 85.3 Å². The molecule has 1 N–H and O–H groups in total. The number of rotatable bonds is 15. The molecule has 1 aromatic rings. The number of methoxy groups -OCH3 is 1. The van der Waals surface area contributed by atoms with Crippen LogP contribution in [0, 0.1) is 38.7 Å². The molecule has 0 aromatic heterocycles. The van der Waals surface area contributed by atoms with Gasteiger partial charge in [0.05, 0.1) is 33.0 Å². The topological polar surface area (TPSA) is 213 Å². The number of fused-ring (bicyclic) bond motifs is 5. The summed E-state index contributed by atoms with van der Waals surface area (Å²) in [4.78, 5) is 78.7. The van der Waals surface area contributed by atoms with Crippen LogP contribution < -0.4 is 9.47 Å². The number of aliphatic hydroxyl groups excluding tert-OH is 1. The van der Waals surface area contributed by atoms with Gasteiger partial charge in [-0.2, -0.15) is 0 Å². The van der Waals surface area contributed by atoms with Crippen molar-refractivity contribution >= 4 is 35.9 Å². The minimum absolute atomic E-state index is 0.00396. The van der Waals surface area contributed by atoms with Crippen LogP contribution in [0.2, 0.25) is 0 Å². The highest BCUT2D eigenvalue weighted by Crippen LogP contribution is 2.68. The first kappa shape index (κ1) is 40.9. The zero-order valence-electron chi connectivity index (χ0n) is 31.3. The lowest BCUT2D eigenvalue weighted by Crippen LogP contribution is -2.63. The molecule has 0 aliphatic heterocycles. The lowest BCUT2D eigenvalue weighted by atomic mass is 9.46. The number of carbonyl (C=O) groups is 5. The lowest BCUT2D eigenvalue weighted by Gasteiger charge is -2.59. The molecule has 55 heavy (non-hydrogen) atoms. The first-order valence-corrected chi connectivity index (χ1v) is 18.3. The molecule has 1 aromatic carbocycles. The first-order valence-electron chi connectivity index (χ1n) is 18.3. The van der Waals surface area contributed by atoms with Gasteiger partial charge in [-0.1, -0.05) is 31.6 Å². The van der Waals surface area contributed by atoms with Gasteiger partial charge in [-0.05, 0) is 99.6 Å². The molecule has 0 bridgehead atoms. The van der Waals surface area contributed by atoms with Gasteiger partial charge in [0, 0.05) is 22.8 Å². The molecule has 0 saturated heterocycles. The second-order valence-electron chi connectivity index (χ2n) is 14.6. The molecule has 0 radical (unpaired) electrons. The molecule has 3 saturated carbocycles. The van der Waals surface area contributed by atoms with Crippen molar-refractivity contribution in [2.24, 2.45) is 28.6 Å². The number of benzene rings is 1. The van der Waals surface area contributed by atoms with Crippen molar-refractivity contribution in [2.75, 3.05) is 33.5 Å². The van der Waals surface area contributed by atoms with Crippen LogP contribution in [0.15, 0.2) is 48.1 Å². The standard InChI is InChI=1S/C39H47NO15/c1-5-50-36(46)55-39(17-15-28-27-11-10-25-21-26(41)14-16-37(25,2)34(27)29(42)22-38(28,39)3)32(43)23-52-35(45)54-30-12-8-24(20-31(30)49-4)9-13-33(44)51-18-6-7-19-53-40(47)48/h8-9,12-14,16,20-21,27-29,34,42H,5-7,10-11,15,17-19,22-23H2,1-4H3/b13-9+/t27-,28-,29-,34+,37-,38-,39-/m0/s1. The third kappa shape index (κ3) is 8.53. The minimum atomic E-state index is -1.77. The van der Waals surface area contributed by atoms with E-state index in [1.165, 1.54) is 37.5 Å². The molecule has 4 aliphatic carbocycles. The van der Waals surface area contributed by atoms with Gasteiger partial charge in [0.2, 0.25) is 5.78 Å². The van der Waals surface area contributed by atoms with E-state index in [-0.39, 0.29) is 67.7 Å². The summed E-state index contributed by atoms with van der Waals surface area (Å²) >= 11 is 0. The minimum Gasteiger partial charge on any atom is -0.493 e. The Morgan fingerprint density at radius 3 is 2.53 bits per heavy atom. The predicted octanol–water partition coefficient (Wildman–Crippen LogP) is 5.52. The number of nitrogens with zero attached hydrogens (tertiary/aromatic N) is 1. The Balaban J connectivity index is 1.24. The van der Waals surface area contributed by atoms with Crippen LogP contribution in [0.3, 0.4) is 0 Å². The number of carbonyl (C=O) groups excluding carboxylic acids is 5. The van der Waals surface area contributed by atoms with Gasteiger partial charge in [-0.25, -0.2) is 14.4 Å². The van der Waals surface area contributed by atoms with E-state index in [1.807, 2.05) is 19.9 Å². The average molecular weight is 770 g/mol. The normalized spacial score (nSPS) is 29.2. The molecule has 4 aliphatic rings. The Kier molecular flexibility index (Phi) is 12.7. The molecule has 0 heterocycles. The van der Waals surface area contributed by atoms with Crippen molar-refractivity contribution < 1.29 is 67.4 Å². The Morgan fingerprint density at radius 1 is 1.04 bits per heavy atom. The maximum atomic E-state index is 14.2. The van der Waals surface area contributed by atoms with Gasteiger partial charge in [0.25, 0.3) is 5.09 Å². The highest BCUT2D eigenvalue weighted by atomic mass is 16.9. The highest BCUT2D eigenvalue weighted by molar-refractivity contribution is 6.01. The quantitative estimate of drug-likeness (QED) is 0.0443. The zero-order valence-corrected chi connectivity index (χ0v) is 31.3. The van der Waals surface area contributed by atoms with Gasteiger partial charge in [0.1, 0.15) is 0 Å². The van der Waals surface area contributed by atoms with E-state index in [1.54, 1.807) is 19.1 Å². The smallest absolute Gasteiger partial charge is 0.493 e. The molecular formula is C39H47NO15. The van der Waals surface area contributed by atoms with Crippen molar-refractivity contribution in [1.29, 1.82) is 0 Å². The second-order valence-corrected chi connectivity index (χ2v) is 14.6. The summed E-state index contributed by atoms with van der Waals surface area (Å²) in [5, 5.41) is 21.1. The summed E-state index contributed by atoms with van der Waals surface area (Å²) in [7, 11) is 1.34. The second kappa shape index (κ2) is 17.0. The van der Waals surface area contributed by atoms with E-state index in [9.17, 15) is 39.2 Å². The van der Waals surface area contributed by atoms with E-state index >= 15 is 0 Å². The van der Waals surface area contributed by atoms with Gasteiger partial charge >= 0.3 is 18.3 Å². The van der Waals surface area contributed by atoms with Crippen LogP contribution in [0.5, 0.6) is 11.5 Å².